The summed E-state index contributed by atoms with van der Waals surface area (Å²) in [5.74, 6) is 0. The summed E-state index contributed by atoms with van der Waals surface area (Å²) in [4.78, 5) is 2.43. The smallest absolute Gasteiger partial charge is 0.184 e. The van der Waals surface area contributed by atoms with Crippen LogP contribution in [0, 0.1) is 0 Å². The summed E-state index contributed by atoms with van der Waals surface area (Å²) in [5, 5.41) is 58.3. The van der Waals surface area contributed by atoms with Crippen LogP contribution in [0.3, 0.4) is 0 Å². The summed E-state index contributed by atoms with van der Waals surface area (Å²) in [6, 6.07) is -0.897. The number of rotatable bonds is 14. The number of unbranched alkanes of at least 4 members (excludes halogenated alkanes) is 1. The van der Waals surface area contributed by atoms with E-state index >= 15 is 0 Å². The van der Waals surface area contributed by atoms with E-state index < -0.39 is 75.1 Å². The summed E-state index contributed by atoms with van der Waals surface area (Å²) in [5.41, 5.74) is 0. The molecule has 0 aromatic carbocycles. The summed E-state index contributed by atoms with van der Waals surface area (Å²) < 4.78 is 22.3. The Bertz CT molecular complexity index is 435. The van der Waals surface area contributed by atoms with Gasteiger partial charge in [-0.05, 0) is 25.1 Å². The van der Waals surface area contributed by atoms with Gasteiger partial charge in [0.2, 0.25) is 0 Å². The van der Waals surface area contributed by atoms with Crippen molar-refractivity contribution in [3.63, 3.8) is 0 Å². The first-order valence-corrected chi connectivity index (χ1v) is 10.0. The molecule has 0 radical (unpaired) electrons. The zero-order chi connectivity index (χ0) is 22.0. The van der Waals surface area contributed by atoms with Gasteiger partial charge in [-0.15, -0.1) is 0 Å². The van der Waals surface area contributed by atoms with Gasteiger partial charge < -0.3 is 49.6 Å². The zero-order valence-corrected chi connectivity index (χ0v) is 17.4. The van der Waals surface area contributed by atoms with Gasteiger partial charge >= 0.3 is 0 Å². The lowest BCUT2D eigenvalue weighted by molar-refractivity contribution is -0.317. The second-order valence-corrected chi connectivity index (χ2v) is 7.11. The van der Waals surface area contributed by atoms with E-state index in [1.54, 1.807) is 0 Å². The van der Waals surface area contributed by atoms with Crippen LogP contribution in [0.25, 0.3) is 0 Å². The van der Waals surface area contributed by atoms with Crippen molar-refractivity contribution in [1.82, 2.24) is 4.84 Å². The molecule has 1 heterocycles. The average molecular weight is 448 g/mol. The molecular weight excluding hydrogens is 414 g/mol. The molecule has 1 aliphatic heterocycles. The molecule has 0 saturated carbocycles. The predicted octanol–water partition coefficient (Wildman–Crippen LogP) is -2.18. The Labute approximate surface area is 175 Å². The van der Waals surface area contributed by atoms with Crippen LogP contribution in [-0.4, -0.2) is 112 Å². The van der Waals surface area contributed by atoms with Gasteiger partial charge in [-0.25, -0.2) is 4.84 Å². The maximum atomic E-state index is 10.6. The zero-order valence-electron chi connectivity index (χ0n) is 16.6. The highest BCUT2D eigenvalue weighted by Crippen LogP contribution is 2.27. The molecule has 11 nitrogen and oxygen atoms in total. The third kappa shape index (κ3) is 7.80. The highest BCUT2D eigenvalue weighted by Gasteiger charge is 2.48. The third-order valence-corrected chi connectivity index (χ3v) is 4.80. The van der Waals surface area contributed by atoms with Gasteiger partial charge in [0, 0.05) is 6.61 Å². The fourth-order valence-electron chi connectivity index (χ4n) is 2.79. The van der Waals surface area contributed by atoms with E-state index in [4.69, 9.17) is 35.8 Å². The van der Waals surface area contributed by atoms with Crippen molar-refractivity contribution in [3.05, 3.63) is 0 Å². The van der Waals surface area contributed by atoms with E-state index in [0.717, 1.165) is 12.8 Å². The topological polar surface area (TPSA) is 170 Å². The summed E-state index contributed by atoms with van der Waals surface area (Å²) in [7, 11) is 0. The Morgan fingerprint density at radius 2 is 1.86 bits per heavy atom. The van der Waals surface area contributed by atoms with Crippen molar-refractivity contribution >= 4 is 11.8 Å². The van der Waals surface area contributed by atoms with Crippen LogP contribution >= 0.6 is 11.8 Å². The molecule has 7 N–H and O–H groups in total. The number of halogens is 1. The fraction of sp³-hybridized carbons (Fsp3) is 1.00. The lowest BCUT2D eigenvalue weighted by atomic mass is 9.97. The molecule has 0 spiro atoms. The summed E-state index contributed by atoms with van der Waals surface area (Å²) >= 11 is 5.83. The van der Waals surface area contributed by atoms with Crippen LogP contribution < -0.4 is 4.84 Å². The first kappa shape index (κ1) is 26.9. The van der Waals surface area contributed by atoms with Gasteiger partial charge in [-0.2, -0.15) is 0 Å². The minimum atomic E-state index is -1.42. The highest BCUT2D eigenvalue weighted by atomic mass is 35.5. The van der Waals surface area contributed by atoms with E-state index in [2.05, 4.69) is 4.84 Å². The number of aliphatic hydroxyl groups excluding tert-OH is 6. The van der Waals surface area contributed by atoms with Gasteiger partial charge in [0.25, 0.3) is 0 Å². The molecule has 29 heavy (non-hydrogen) atoms. The van der Waals surface area contributed by atoms with E-state index in [1.165, 1.54) is 6.92 Å². The molecule has 0 amide bonds. The van der Waals surface area contributed by atoms with Crippen LogP contribution in [0.15, 0.2) is 0 Å². The SMILES string of the molecule is CCCCO[C@@H]1OC(CO)[C@@H](O)C(O[C@H](OC(CO)[C@H](O)CO)[C@H](C)O)[C@@H]1NCl. The molecule has 0 bridgehead atoms. The molecular formula is C17H34ClNO10. The molecule has 0 aromatic heterocycles. The van der Waals surface area contributed by atoms with Crippen LogP contribution in [0.4, 0.5) is 0 Å². The monoisotopic (exact) mass is 447 g/mol. The lowest BCUT2D eigenvalue weighted by Gasteiger charge is -2.44. The van der Waals surface area contributed by atoms with E-state index in [1.807, 2.05) is 6.92 Å². The number of nitrogens with one attached hydrogen (secondary N) is 1. The van der Waals surface area contributed by atoms with Crippen molar-refractivity contribution < 1.29 is 49.6 Å². The predicted molar refractivity (Wildman–Crippen MR) is 101 cm³/mol. The fourth-order valence-corrected chi connectivity index (χ4v) is 3.02. The Balaban J connectivity index is 2.99. The maximum Gasteiger partial charge on any atom is 0.184 e. The minimum Gasteiger partial charge on any atom is -0.394 e. The van der Waals surface area contributed by atoms with E-state index in [0.29, 0.717) is 6.61 Å². The first-order valence-electron chi connectivity index (χ1n) is 9.65. The summed E-state index contributed by atoms with van der Waals surface area (Å²) in [6.45, 7) is 1.83. The van der Waals surface area contributed by atoms with Crippen molar-refractivity contribution in [2.75, 3.05) is 26.4 Å². The van der Waals surface area contributed by atoms with E-state index in [9.17, 15) is 25.5 Å². The Morgan fingerprint density at radius 1 is 1.17 bits per heavy atom. The van der Waals surface area contributed by atoms with Gasteiger partial charge in [-0.1, -0.05) is 13.3 Å². The normalized spacial score (nSPS) is 32.0. The standard InChI is InChI=1S/C17H34ClNO10/c1-3-4-5-26-17-13(19-18)15(14(25)12(8-22)28-17)29-16(9(2)23)27-11(7-21)10(24)6-20/h9-17,19-25H,3-8H2,1-2H3/t9-,10+,11?,12?,13-,14+,15?,16-,17+/m0/s1. The van der Waals surface area contributed by atoms with Gasteiger partial charge in [-0.3, -0.25) is 0 Å². The Hall–Kier alpha value is -0.150. The Kier molecular flexibility index (Phi) is 13.0. The van der Waals surface area contributed by atoms with Crippen LogP contribution in [0.1, 0.15) is 26.7 Å². The molecule has 0 aromatic rings. The first-order chi connectivity index (χ1) is 13.8. The molecule has 9 atom stereocenters. The molecule has 1 rings (SSSR count). The van der Waals surface area contributed by atoms with Gasteiger partial charge in [0.1, 0.15) is 42.7 Å². The minimum absolute atomic E-state index is 0.350. The average Bonchev–Trinajstić information content (AvgIpc) is 2.71. The third-order valence-electron chi connectivity index (χ3n) is 4.55. The summed E-state index contributed by atoms with van der Waals surface area (Å²) in [6.07, 6.45) is -8.18. The number of hydrogen-bond donors (Lipinski definition) is 7. The second kappa shape index (κ2) is 14.0. The van der Waals surface area contributed by atoms with Gasteiger partial charge in [0.05, 0.1) is 19.8 Å². The van der Waals surface area contributed by atoms with Crippen molar-refractivity contribution in [3.8, 4) is 0 Å². The largest absolute Gasteiger partial charge is 0.394 e. The molecule has 0 aliphatic carbocycles. The van der Waals surface area contributed by atoms with Crippen molar-refractivity contribution in [2.24, 2.45) is 0 Å². The molecule has 174 valence electrons. The Morgan fingerprint density at radius 3 is 2.34 bits per heavy atom. The quantitative estimate of drug-likeness (QED) is 0.0876. The molecule has 1 aliphatic rings. The van der Waals surface area contributed by atoms with E-state index in [-0.39, 0.29) is 0 Å². The molecule has 1 fully saturated rings. The van der Waals surface area contributed by atoms with Crippen LogP contribution in [0.5, 0.6) is 0 Å². The van der Waals surface area contributed by atoms with Crippen molar-refractivity contribution in [1.29, 1.82) is 0 Å². The number of aliphatic hydroxyl groups is 6. The maximum absolute atomic E-state index is 10.6. The molecule has 3 unspecified atom stereocenters. The number of hydrogen-bond acceptors (Lipinski definition) is 11. The van der Waals surface area contributed by atoms with Crippen LogP contribution in [0.2, 0.25) is 0 Å². The van der Waals surface area contributed by atoms with Crippen LogP contribution in [-0.2, 0) is 18.9 Å². The molecule has 1 saturated heterocycles. The number of ether oxygens (including phenoxy) is 4. The van der Waals surface area contributed by atoms with Crippen molar-refractivity contribution in [2.45, 2.75) is 81.9 Å². The highest BCUT2D eigenvalue weighted by molar-refractivity contribution is 6.13. The second-order valence-electron chi connectivity index (χ2n) is 6.89. The lowest BCUT2D eigenvalue weighted by Crippen LogP contribution is -2.64. The molecule has 12 heteroatoms. The van der Waals surface area contributed by atoms with Gasteiger partial charge in [0.15, 0.2) is 12.6 Å².